The first kappa shape index (κ1) is 9.80. The molecule has 4 heteroatoms. The van der Waals surface area contributed by atoms with Crippen LogP contribution in [0.3, 0.4) is 0 Å². The van der Waals surface area contributed by atoms with Crippen molar-refractivity contribution in [3.63, 3.8) is 0 Å². The maximum atomic E-state index is 5.82. The molecule has 1 aromatic carbocycles. The standard InChI is InChI=1S/C10H12BrNO2/c1-6(12)7-4-9-10(5-8(7)11)14-3-2-13-9/h4-6H,2-3,12H2,1H3/t6-/m0/s1. The summed E-state index contributed by atoms with van der Waals surface area (Å²) in [4.78, 5) is 0. The fraction of sp³-hybridized carbons (Fsp3) is 0.400. The highest BCUT2D eigenvalue weighted by molar-refractivity contribution is 9.10. The number of rotatable bonds is 1. The molecule has 0 aromatic heterocycles. The van der Waals surface area contributed by atoms with Crippen LogP contribution in [0.25, 0.3) is 0 Å². The summed E-state index contributed by atoms with van der Waals surface area (Å²) in [5, 5.41) is 0. The number of benzene rings is 1. The van der Waals surface area contributed by atoms with Crippen molar-refractivity contribution >= 4 is 15.9 Å². The van der Waals surface area contributed by atoms with Crippen LogP contribution in [0.15, 0.2) is 16.6 Å². The zero-order valence-electron chi connectivity index (χ0n) is 7.92. The molecule has 1 atom stereocenters. The van der Waals surface area contributed by atoms with Crippen molar-refractivity contribution in [3.8, 4) is 11.5 Å². The van der Waals surface area contributed by atoms with Gasteiger partial charge in [-0.05, 0) is 24.6 Å². The van der Waals surface area contributed by atoms with Crippen LogP contribution >= 0.6 is 15.9 Å². The molecule has 1 aliphatic rings. The van der Waals surface area contributed by atoms with Crippen LogP contribution in [0.4, 0.5) is 0 Å². The van der Waals surface area contributed by atoms with Crippen LogP contribution in [-0.4, -0.2) is 13.2 Å². The van der Waals surface area contributed by atoms with Crippen LogP contribution in [-0.2, 0) is 0 Å². The van der Waals surface area contributed by atoms with Gasteiger partial charge in [-0.3, -0.25) is 0 Å². The maximum absolute atomic E-state index is 5.82. The van der Waals surface area contributed by atoms with Gasteiger partial charge in [0.2, 0.25) is 0 Å². The van der Waals surface area contributed by atoms with Gasteiger partial charge in [-0.25, -0.2) is 0 Å². The Labute approximate surface area is 91.3 Å². The predicted octanol–water partition coefficient (Wildman–Crippen LogP) is 2.24. The van der Waals surface area contributed by atoms with Gasteiger partial charge < -0.3 is 15.2 Å². The van der Waals surface area contributed by atoms with Gasteiger partial charge in [-0.15, -0.1) is 0 Å². The minimum absolute atomic E-state index is 0.0137. The van der Waals surface area contributed by atoms with Crippen molar-refractivity contribution in [2.45, 2.75) is 13.0 Å². The molecule has 0 aliphatic carbocycles. The zero-order chi connectivity index (χ0) is 10.1. The van der Waals surface area contributed by atoms with Gasteiger partial charge in [-0.2, -0.15) is 0 Å². The first-order valence-electron chi connectivity index (χ1n) is 4.53. The van der Waals surface area contributed by atoms with Crippen LogP contribution in [0.5, 0.6) is 11.5 Å². The lowest BCUT2D eigenvalue weighted by atomic mass is 10.1. The Bertz CT molecular complexity index is 352. The molecule has 0 amide bonds. The second kappa shape index (κ2) is 3.79. The summed E-state index contributed by atoms with van der Waals surface area (Å²) in [5.41, 5.74) is 6.86. The Morgan fingerprint density at radius 1 is 1.29 bits per heavy atom. The van der Waals surface area contributed by atoms with Crippen molar-refractivity contribution in [2.75, 3.05) is 13.2 Å². The third-order valence-electron chi connectivity index (χ3n) is 2.15. The number of hydrogen-bond donors (Lipinski definition) is 1. The highest BCUT2D eigenvalue weighted by Crippen LogP contribution is 2.37. The van der Waals surface area contributed by atoms with Gasteiger partial charge in [0, 0.05) is 10.5 Å². The second-order valence-corrected chi connectivity index (χ2v) is 4.16. The highest BCUT2D eigenvalue weighted by atomic mass is 79.9. The third kappa shape index (κ3) is 1.72. The summed E-state index contributed by atoms with van der Waals surface area (Å²) in [6.45, 7) is 3.15. The first-order valence-corrected chi connectivity index (χ1v) is 5.32. The zero-order valence-corrected chi connectivity index (χ0v) is 9.50. The third-order valence-corrected chi connectivity index (χ3v) is 2.84. The molecule has 0 fully saturated rings. The van der Waals surface area contributed by atoms with Crippen LogP contribution in [0, 0.1) is 0 Å². The van der Waals surface area contributed by atoms with Crippen molar-refractivity contribution in [3.05, 3.63) is 22.2 Å². The fourth-order valence-electron chi connectivity index (χ4n) is 1.43. The Morgan fingerprint density at radius 2 is 1.86 bits per heavy atom. The number of nitrogens with two attached hydrogens (primary N) is 1. The largest absolute Gasteiger partial charge is 0.486 e. The minimum atomic E-state index is -0.0137. The molecular weight excluding hydrogens is 246 g/mol. The van der Waals surface area contributed by atoms with Gasteiger partial charge in [0.05, 0.1) is 0 Å². The first-order chi connectivity index (χ1) is 6.68. The van der Waals surface area contributed by atoms with E-state index in [0.29, 0.717) is 13.2 Å². The molecule has 14 heavy (non-hydrogen) atoms. The normalized spacial score (nSPS) is 16.5. The summed E-state index contributed by atoms with van der Waals surface area (Å²) in [5.74, 6) is 1.57. The van der Waals surface area contributed by atoms with E-state index in [1.165, 1.54) is 0 Å². The summed E-state index contributed by atoms with van der Waals surface area (Å²) in [7, 11) is 0. The quantitative estimate of drug-likeness (QED) is 0.840. The Morgan fingerprint density at radius 3 is 2.43 bits per heavy atom. The number of hydrogen-bond acceptors (Lipinski definition) is 3. The molecule has 1 aliphatic heterocycles. The fourth-order valence-corrected chi connectivity index (χ4v) is 2.11. The van der Waals surface area contributed by atoms with Crippen LogP contribution < -0.4 is 15.2 Å². The van der Waals surface area contributed by atoms with Crippen molar-refractivity contribution in [2.24, 2.45) is 5.73 Å². The van der Waals surface area contributed by atoms with E-state index in [-0.39, 0.29) is 6.04 Å². The molecule has 0 saturated heterocycles. The van der Waals surface area contributed by atoms with E-state index in [1.54, 1.807) is 0 Å². The summed E-state index contributed by atoms with van der Waals surface area (Å²) in [6, 6.07) is 3.83. The summed E-state index contributed by atoms with van der Waals surface area (Å²) >= 11 is 3.46. The summed E-state index contributed by atoms with van der Waals surface area (Å²) in [6.07, 6.45) is 0. The van der Waals surface area contributed by atoms with Gasteiger partial charge in [0.25, 0.3) is 0 Å². The van der Waals surface area contributed by atoms with Gasteiger partial charge >= 0.3 is 0 Å². The lowest BCUT2D eigenvalue weighted by Gasteiger charge is -2.20. The molecule has 1 heterocycles. The number of fused-ring (bicyclic) bond motifs is 1. The Hall–Kier alpha value is -0.740. The molecule has 0 saturated carbocycles. The van der Waals surface area contributed by atoms with E-state index >= 15 is 0 Å². The van der Waals surface area contributed by atoms with Gasteiger partial charge in [-0.1, -0.05) is 15.9 Å². The molecule has 0 unspecified atom stereocenters. The van der Waals surface area contributed by atoms with E-state index in [2.05, 4.69) is 15.9 Å². The molecule has 0 radical (unpaired) electrons. The van der Waals surface area contributed by atoms with E-state index in [4.69, 9.17) is 15.2 Å². The van der Waals surface area contributed by atoms with Crippen molar-refractivity contribution in [1.29, 1.82) is 0 Å². The van der Waals surface area contributed by atoms with E-state index < -0.39 is 0 Å². The molecule has 3 nitrogen and oxygen atoms in total. The van der Waals surface area contributed by atoms with Crippen molar-refractivity contribution in [1.82, 2.24) is 0 Å². The SMILES string of the molecule is C[C@H](N)c1cc2c(cc1Br)OCCO2. The molecule has 0 spiro atoms. The topological polar surface area (TPSA) is 44.5 Å². The summed E-state index contributed by atoms with van der Waals surface area (Å²) < 4.78 is 11.9. The van der Waals surface area contributed by atoms with Crippen molar-refractivity contribution < 1.29 is 9.47 Å². The van der Waals surface area contributed by atoms with Gasteiger partial charge in [0.15, 0.2) is 11.5 Å². The number of ether oxygens (including phenoxy) is 2. The second-order valence-electron chi connectivity index (χ2n) is 3.31. The minimum Gasteiger partial charge on any atom is -0.486 e. The Kier molecular flexibility index (Phi) is 2.65. The van der Waals surface area contributed by atoms with Crippen LogP contribution in [0.1, 0.15) is 18.5 Å². The average molecular weight is 258 g/mol. The molecule has 2 rings (SSSR count). The lowest BCUT2D eigenvalue weighted by molar-refractivity contribution is 0.171. The maximum Gasteiger partial charge on any atom is 0.162 e. The number of halogens is 1. The molecule has 1 aromatic rings. The highest BCUT2D eigenvalue weighted by Gasteiger charge is 2.16. The molecular formula is C10H12BrNO2. The Balaban J connectivity index is 2.45. The predicted molar refractivity (Wildman–Crippen MR) is 57.7 cm³/mol. The van der Waals surface area contributed by atoms with Gasteiger partial charge in [0.1, 0.15) is 13.2 Å². The lowest BCUT2D eigenvalue weighted by Crippen LogP contribution is -2.16. The average Bonchev–Trinajstić information content (AvgIpc) is 2.16. The van der Waals surface area contributed by atoms with E-state index in [1.807, 2.05) is 19.1 Å². The molecule has 76 valence electrons. The van der Waals surface area contributed by atoms with E-state index in [9.17, 15) is 0 Å². The molecule has 2 N–H and O–H groups in total. The van der Waals surface area contributed by atoms with E-state index in [0.717, 1.165) is 21.5 Å². The monoisotopic (exact) mass is 257 g/mol. The molecule has 0 bridgehead atoms. The van der Waals surface area contributed by atoms with Crippen LogP contribution in [0.2, 0.25) is 0 Å². The smallest absolute Gasteiger partial charge is 0.162 e.